The fourth-order valence-corrected chi connectivity index (χ4v) is 7.22. The van der Waals surface area contributed by atoms with E-state index in [4.69, 9.17) is 4.84 Å². The van der Waals surface area contributed by atoms with E-state index in [1.165, 1.54) is 36.5 Å². The van der Waals surface area contributed by atoms with Gasteiger partial charge < -0.3 is 0 Å². The molecule has 6 aromatic rings. The van der Waals surface area contributed by atoms with Crippen molar-refractivity contribution >= 4 is 38.8 Å². The number of benzene rings is 5. The lowest BCUT2D eigenvalue weighted by molar-refractivity contribution is -0.898. The van der Waals surface area contributed by atoms with Crippen molar-refractivity contribution in [1.82, 2.24) is 0 Å². The lowest BCUT2D eigenvalue weighted by atomic mass is 9.12. The third kappa shape index (κ3) is 6.94. The van der Waals surface area contributed by atoms with Crippen LogP contribution in [0.25, 0.3) is 10.8 Å². The summed E-state index contributed by atoms with van der Waals surface area (Å²) in [4.78, 5) is 5.90. The molecule has 0 aliphatic heterocycles. The van der Waals surface area contributed by atoms with Crippen LogP contribution in [0, 0.1) is 116 Å². The Kier molecular flexibility index (Phi) is 12.0. The molecule has 0 bridgehead atoms. The zero-order valence-electron chi connectivity index (χ0n) is 29.4. The van der Waals surface area contributed by atoms with Crippen LogP contribution in [0.5, 0.6) is 0 Å². The number of nitrogens with zero attached hydrogens (tertiary/aromatic N) is 1. The van der Waals surface area contributed by atoms with Gasteiger partial charge in [0, 0.05) is 10.8 Å². The van der Waals surface area contributed by atoms with Gasteiger partial charge in [-0.3, -0.25) is 4.84 Å². The number of halogens is 20. The SMILES string of the molecule is Fc1c(F)c(F)c([B-](c2c(F)c(F)c(F)c(F)c2F)(c2c(F)c(F)c(F)c(F)c2F)c2c(F)c(F)c(F)c(F)c2F)c(F)c1F.c1ccc2c[n+](OC3CCCC3)ccc2c1. The highest BCUT2D eigenvalue weighted by Gasteiger charge is 2.52. The Balaban J connectivity index is 0.000000321. The zero-order valence-corrected chi connectivity index (χ0v) is 29.4. The number of rotatable bonds is 6. The average molecular weight is 893 g/mol. The highest BCUT2D eigenvalue weighted by atomic mass is 19.2. The number of hydrogen-bond donors (Lipinski definition) is 0. The molecule has 0 amide bonds. The molecular weight excluding hydrogens is 877 g/mol. The molecule has 1 saturated carbocycles. The molecule has 1 aromatic heterocycles. The Morgan fingerprint density at radius 2 is 0.623 bits per heavy atom. The first-order valence-electron chi connectivity index (χ1n) is 16.9. The van der Waals surface area contributed by atoms with Crippen molar-refractivity contribution in [3.63, 3.8) is 0 Å². The van der Waals surface area contributed by atoms with E-state index in [1.54, 1.807) is 0 Å². The van der Waals surface area contributed by atoms with Gasteiger partial charge in [-0.15, -0.1) is 21.9 Å². The Bertz CT molecular complexity index is 2380. The first kappa shape index (κ1) is 44.5. The summed E-state index contributed by atoms with van der Waals surface area (Å²) in [6.45, 7) is 0. The molecule has 61 heavy (non-hydrogen) atoms. The van der Waals surface area contributed by atoms with E-state index in [0.717, 1.165) is 0 Å². The molecule has 1 aliphatic rings. The van der Waals surface area contributed by atoms with Crippen molar-refractivity contribution in [1.29, 1.82) is 0 Å². The maximum atomic E-state index is 15.4. The number of fused-ring (bicyclic) bond motifs is 1. The highest BCUT2D eigenvalue weighted by molar-refractivity contribution is 7.20. The lowest BCUT2D eigenvalue weighted by Gasteiger charge is -2.44. The summed E-state index contributed by atoms with van der Waals surface area (Å²) in [7, 11) is 0. The molecule has 1 fully saturated rings. The van der Waals surface area contributed by atoms with Crippen LogP contribution in [0.4, 0.5) is 87.8 Å². The van der Waals surface area contributed by atoms with E-state index in [0.29, 0.717) is 6.10 Å². The molecule has 1 aliphatic carbocycles. The van der Waals surface area contributed by atoms with Gasteiger partial charge in [-0.1, -0.05) is 18.2 Å². The number of aromatic nitrogens is 1. The standard InChI is InChI=1S/C24BF20.C14H16NO/c26-5-1(6(27)14(35)21(42)13(5)34)25(2-7(28)15(36)22(43)16(37)8(2)29,3-9(30)17(38)23(44)18(39)10(3)31)4-11(32)19(40)24(45)20(41)12(4)33;1-2-6-13-11-15(10-9-12(13)5-1)16-14-7-3-4-8-14/h;1-2,5-6,9-11,14H,3-4,7-8H2/q-1;+1. The highest BCUT2D eigenvalue weighted by Crippen LogP contribution is 2.31. The Morgan fingerprint density at radius 1 is 0.361 bits per heavy atom. The summed E-state index contributed by atoms with van der Waals surface area (Å²) >= 11 is 0. The van der Waals surface area contributed by atoms with Gasteiger partial charge in [-0.25, -0.2) is 87.8 Å². The second-order valence-corrected chi connectivity index (χ2v) is 13.2. The predicted molar refractivity (Wildman–Crippen MR) is 172 cm³/mol. The van der Waals surface area contributed by atoms with Gasteiger partial charge in [0.15, 0.2) is 75.9 Å². The second kappa shape index (κ2) is 16.4. The molecule has 0 saturated heterocycles. The van der Waals surface area contributed by atoms with Crippen LogP contribution >= 0.6 is 0 Å². The summed E-state index contributed by atoms with van der Waals surface area (Å²) in [5.41, 5.74) is -14.3. The summed E-state index contributed by atoms with van der Waals surface area (Å²) in [5.74, 6) is -71.4. The maximum Gasteiger partial charge on any atom is 0.230 e. The predicted octanol–water partition coefficient (Wildman–Crippen LogP) is 8.34. The van der Waals surface area contributed by atoms with Gasteiger partial charge in [0.1, 0.15) is 52.7 Å². The molecule has 0 spiro atoms. The Labute approximate surface area is 327 Å². The smallest absolute Gasteiger partial charge is 0.230 e. The van der Waals surface area contributed by atoms with Crippen molar-refractivity contribution in [2.24, 2.45) is 0 Å². The topological polar surface area (TPSA) is 13.1 Å². The average Bonchev–Trinajstić information content (AvgIpc) is 3.76. The summed E-state index contributed by atoms with van der Waals surface area (Å²) in [6, 6.07) is 10.5. The Morgan fingerprint density at radius 3 is 0.918 bits per heavy atom. The fourth-order valence-electron chi connectivity index (χ4n) is 7.22. The largest absolute Gasteiger partial charge is 0.268 e. The molecule has 0 atom stereocenters. The molecule has 5 aromatic carbocycles. The second-order valence-electron chi connectivity index (χ2n) is 13.2. The summed E-state index contributed by atoms with van der Waals surface area (Å²) in [5, 5.41) is 2.48. The van der Waals surface area contributed by atoms with Crippen LogP contribution in [-0.4, -0.2) is 12.2 Å². The van der Waals surface area contributed by atoms with E-state index < -0.39 is 144 Å². The van der Waals surface area contributed by atoms with Crippen LogP contribution in [-0.2, 0) is 0 Å². The molecule has 1 heterocycles. The number of pyridine rings is 1. The molecule has 322 valence electrons. The lowest BCUT2D eigenvalue weighted by Crippen LogP contribution is -2.81. The van der Waals surface area contributed by atoms with E-state index in [9.17, 15) is 52.7 Å². The maximum absolute atomic E-state index is 15.4. The first-order valence-corrected chi connectivity index (χ1v) is 16.9. The third-order valence-electron chi connectivity index (χ3n) is 9.94. The van der Waals surface area contributed by atoms with Crippen LogP contribution < -0.4 is 31.4 Å². The molecule has 0 unspecified atom stereocenters. The van der Waals surface area contributed by atoms with Gasteiger partial charge in [-0.2, -0.15) is 0 Å². The molecule has 0 radical (unpaired) electrons. The van der Waals surface area contributed by atoms with Gasteiger partial charge >= 0.3 is 0 Å². The van der Waals surface area contributed by atoms with Crippen molar-refractivity contribution in [3.05, 3.63) is 159 Å². The minimum Gasteiger partial charge on any atom is -0.268 e. The quantitative estimate of drug-likeness (QED) is 0.0540. The number of hydrogen-bond acceptors (Lipinski definition) is 1. The normalized spacial score (nSPS) is 13.2. The summed E-state index contributed by atoms with van der Waals surface area (Å²) < 4.78 is 296. The van der Waals surface area contributed by atoms with Gasteiger partial charge in [-0.05, 0) is 37.1 Å². The fraction of sp³-hybridized carbons (Fsp3) is 0.132. The van der Waals surface area contributed by atoms with Crippen molar-refractivity contribution in [2.45, 2.75) is 31.8 Å². The van der Waals surface area contributed by atoms with Crippen molar-refractivity contribution in [2.75, 3.05) is 0 Å². The van der Waals surface area contributed by atoms with Crippen LogP contribution in [0.3, 0.4) is 0 Å². The molecule has 2 nitrogen and oxygen atoms in total. The molecule has 23 heteroatoms. The van der Waals surface area contributed by atoms with Gasteiger partial charge in [0.25, 0.3) is 0 Å². The van der Waals surface area contributed by atoms with E-state index in [2.05, 4.69) is 36.5 Å². The van der Waals surface area contributed by atoms with Gasteiger partial charge in [0.05, 0.1) is 5.39 Å². The molecule has 7 rings (SSSR count). The monoisotopic (exact) mass is 893 g/mol. The molecular formula is C38H16BF20NO. The van der Waals surface area contributed by atoms with Crippen LogP contribution in [0.15, 0.2) is 42.7 Å². The Hall–Kier alpha value is -6.03. The van der Waals surface area contributed by atoms with Crippen molar-refractivity contribution < 1.29 is 97.4 Å². The van der Waals surface area contributed by atoms with E-state index >= 15 is 35.1 Å². The summed E-state index contributed by atoms with van der Waals surface area (Å²) in [6.07, 6.45) is 2.25. The van der Waals surface area contributed by atoms with E-state index in [1.807, 2.05) is 10.9 Å². The van der Waals surface area contributed by atoms with Gasteiger partial charge in [0.2, 0.25) is 12.4 Å². The van der Waals surface area contributed by atoms with E-state index in [-0.39, 0.29) is 0 Å². The molecule has 0 N–H and O–H groups in total. The zero-order chi connectivity index (χ0) is 45.2. The van der Waals surface area contributed by atoms with Crippen LogP contribution in [0.2, 0.25) is 0 Å². The third-order valence-corrected chi connectivity index (χ3v) is 9.94. The van der Waals surface area contributed by atoms with Crippen LogP contribution in [0.1, 0.15) is 25.7 Å². The van der Waals surface area contributed by atoms with Crippen molar-refractivity contribution in [3.8, 4) is 0 Å². The minimum atomic E-state index is -7.22. The minimum absolute atomic E-state index is 0.408. The first-order chi connectivity index (χ1) is 28.6.